The molecule has 2 rings (SSSR count). The van der Waals surface area contributed by atoms with Crippen molar-refractivity contribution >= 4 is 40.5 Å². The maximum atomic E-state index is 10.8. The summed E-state index contributed by atoms with van der Waals surface area (Å²) in [5.74, 6) is 0. The molecule has 0 aliphatic heterocycles. The molecule has 6 heteroatoms. The number of nitrogens with zero attached hydrogens (tertiary/aromatic N) is 2. The number of nitro groups is 1. The fourth-order valence-electron chi connectivity index (χ4n) is 1.77. The first-order chi connectivity index (χ1) is 10.0. The van der Waals surface area contributed by atoms with Gasteiger partial charge in [0.05, 0.1) is 21.6 Å². The van der Waals surface area contributed by atoms with Crippen LogP contribution in [0.4, 0.5) is 5.69 Å². The van der Waals surface area contributed by atoms with Gasteiger partial charge in [0.25, 0.3) is 5.69 Å². The molecule has 0 amide bonds. The van der Waals surface area contributed by atoms with Gasteiger partial charge >= 0.3 is 0 Å². The van der Waals surface area contributed by atoms with Gasteiger partial charge in [-0.2, -0.15) is 5.26 Å². The standard InChI is InChI=1S/C15H8Cl2N2O2/c16-12-4-5-14(15(17)8-12)11(9-18)6-10-2-1-3-13(7-10)19(20)21/h1-8H/b11-6-. The van der Waals surface area contributed by atoms with Crippen LogP contribution in [0.5, 0.6) is 0 Å². The van der Waals surface area contributed by atoms with Crippen LogP contribution in [0.2, 0.25) is 10.0 Å². The summed E-state index contributed by atoms with van der Waals surface area (Å²) in [5.41, 5.74) is 1.34. The number of benzene rings is 2. The van der Waals surface area contributed by atoms with E-state index < -0.39 is 4.92 Å². The summed E-state index contributed by atoms with van der Waals surface area (Å²) in [7, 11) is 0. The first kappa shape index (κ1) is 15.0. The van der Waals surface area contributed by atoms with Crippen LogP contribution >= 0.6 is 23.2 Å². The molecule has 0 unspecified atom stereocenters. The zero-order chi connectivity index (χ0) is 15.4. The van der Waals surface area contributed by atoms with Crippen LogP contribution in [0.1, 0.15) is 11.1 Å². The molecule has 0 aliphatic carbocycles. The SMILES string of the molecule is N#C/C(=C/c1cccc([N+](=O)[O-])c1)c1ccc(Cl)cc1Cl. The highest BCUT2D eigenvalue weighted by molar-refractivity contribution is 6.36. The minimum absolute atomic E-state index is 0.0387. The van der Waals surface area contributed by atoms with Crippen LogP contribution in [0.15, 0.2) is 42.5 Å². The molecule has 0 aliphatic rings. The van der Waals surface area contributed by atoms with Crippen LogP contribution in [0.3, 0.4) is 0 Å². The zero-order valence-electron chi connectivity index (χ0n) is 10.6. The fourth-order valence-corrected chi connectivity index (χ4v) is 2.28. The predicted octanol–water partition coefficient (Wildman–Crippen LogP) is 4.97. The van der Waals surface area contributed by atoms with Gasteiger partial charge in [-0.25, -0.2) is 0 Å². The molecule has 0 heterocycles. The van der Waals surface area contributed by atoms with E-state index in [1.54, 1.807) is 30.3 Å². The lowest BCUT2D eigenvalue weighted by Gasteiger charge is -2.03. The average molecular weight is 319 g/mol. The van der Waals surface area contributed by atoms with Gasteiger partial charge in [0.1, 0.15) is 0 Å². The van der Waals surface area contributed by atoms with E-state index in [9.17, 15) is 15.4 Å². The number of hydrogen-bond acceptors (Lipinski definition) is 3. The van der Waals surface area contributed by atoms with Crippen LogP contribution < -0.4 is 0 Å². The number of nitriles is 1. The molecule has 104 valence electrons. The minimum atomic E-state index is -0.487. The third-order valence-electron chi connectivity index (χ3n) is 2.73. The van der Waals surface area contributed by atoms with Crippen molar-refractivity contribution in [3.05, 3.63) is 73.8 Å². The lowest BCUT2D eigenvalue weighted by molar-refractivity contribution is -0.384. The molecule has 0 saturated carbocycles. The van der Waals surface area contributed by atoms with E-state index in [4.69, 9.17) is 23.2 Å². The molecule has 0 aromatic heterocycles. The molecule has 0 radical (unpaired) electrons. The Bertz CT molecular complexity index is 779. The molecule has 0 bridgehead atoms. The smallest absolute Gasteiger partial charge is 0.258 e. The number of nitro benzene ring substituents is 1. The Morgan fingerprint density at radius 2 is 2.00 bits per heavy atom. The Balaban J connectivity index is 2.48. The average Bonchev–Trinajstić information content (AvgIpc) is 2.45. The number of allylic oxidation sites excluding steroid dienone is 1. The topological polar surface area (TPSA) is 66.9 Å². The molecule has 21 heavy (non-hydrogen) atoms. The number of halogens is 2. The lowest BCUT2D eigenvalue weighted by Crippen LogP contribution is -1.88. The van der Waals surface area contributed by atoms with Gasteiger partial charge in [0.15, 0.2) is 0 Å². The third kappa shape index (κ3) is 3.60. The monoisotopic (exact) mass is 318 g/mol. The summed E-state index contributed by atoms with van der Waals surface area (Å²) in [5, 5.41) is 20.8. The molecule has 0 fully saturated rings. The van der Waals surface area contributed by atoms with Crippen LogP contribution in [-0.2, 0) is 0 Å². The number of rotatable bonds is 3. The normalized spacial score (nSPS) is 11.0. The Morgan fingerprint density at radius 3 is 2.62 bits per heavy atom. The van der Waals surface area contributed by atoms with Crippen molar-refractivity contribution in [1.82, 2.24) is 0 Å². The maximum absolute atomic E-state index is 10.8. The quantitative estimate of drug-likeness (QED) is 0.347. The molecule has 0 spiro atoms. The van der Waals surface area contributed by atoms with Gasteiger partial charge in [0.2, 0.25) is 0 Å². The van der Waals surface area contributed by atoms with E-state index in [0.717, 1.165) is 0 Å². The van der Waals surface area contributed by atoms with Gasteiger partial charge in [-0.05, 0) is 23.8 Å². The summed E-state index contributed by atoms with van der Waals surface area (Å²) in [6.45, 7) is 0. The fraction of sp³-hybridized carbons (Fsp3) is 0. The van der Waals surface area contributed by atoms with Crippen LogP contribution in [0, 0.1) is 21.4 Å². The van der Waals surface area contributed by atoms with Crippen molar-refractivity contribution in [2.75, 3.05) is 0 Å². The number of non-ortho nitro benzene ring substituents is 1. The van der Waals surface area contributed by atoms with E-state index >= 15 is 0 Å². The summed E-state index contributed by atoms with van der Waals surface area (Å²) in [4.78, 5) is 10.3. The maximum Gasteiger partial charge on any atom is 0.270 e. The van der Waals surface area contributed by atoms with Crippen molar-refractivity contribution in [1.29, 1.82) is 5.26 Å². The van der Waals surface area contributed by atoms with Crippen molar-refractivity contribution in [2.24, 2.45) is 0 Å². The Morgan fingerprint density at radius 1 is 1.24 bits per heavy atom. The summed E-state index contributed by atoms with van der Waals surface area (Å²) in [6.07, 6.45) is 1.54. The second-order valence-electron chi connectivity index (χ2n) is 4.15. The highest BCUT2D eigenvalue weighted by atomic mass is 35.5. The molecule has 2 aromatic carbocycles. The van der Waals surface area contributed by atoms with Gasteiger partial charge < -0.3 is 0 Å². The highest BCUT2D eigenvalue weighted by Crippen LogP contribution is 2.28. The van der Waals surface area contributed by atoms with Crippen molar-refractivity contribution in [2.45, 2.75) is 0 Å². The van der Waals surface area contributed by atoms with Gasteiger partial charge in [-0.1, -0.05) is 41.4 Å². The minimum Gasteiger partial charge on any atom is -0.258 e. The van der Waals surface area contributed by atoms with E-state index in [2.05, 4.69) is 0 Å². The van der Waals surface area contributed by atoms with E-state index in [1.165, 1.54) is 18.2 Å². The van der Waals surface area contributed by atoms with Crippen LogP contribution in [0.25, 0.3) is 11.6 Å². The summed E-state index contributed by atoms with van der Waals surface area (Å²) in [6, 6.07) is 12.9. The second kappa shape index (κ2) is 6.40. The lowest BCUT2D eigenvalue weighted by atomic mass is 10.0. The Hall–Kier alpha value is -2.35. The summed E-state index contributed by atoms with van der Waals surface area (Å²) < 4.78 is 0. The third-order valence-corrected chi connectivity index (χ3v) is 3.28. The molecule has 0 saturated heterocycles. The van der Waals surface area contributed by atoms with Crippen molar-refractivity contribution < 1.29 is 4.92 Å². The van der Waals surface area contributed by atoms with Crippen molar-refractivity contribution in [3.63, 3.8) is 0 Å². The molecule has 2 aromatic rings. The molecule has 4 nitrogen and oxygen atoms in total. The summed E-state index contributed by atoms with van der Waals surface area (Å²) >= 11 is 11.9. The van der Waals surface area contributed by atoms with Crippen LogP contribution in [-0.4, -0.2) is 4.92 Å². The van der Waals surface area contributed by atoms with E-state index in [-0.39, 0.29) is 5.69 Å². The first-order valence-corrected chi connectivity index (χ1v) is 6.58. The van der Waals surface area contributed by atoms with E-state index in [0.29, 0.717) is 26.7 Å². The van der Waals surface area contributed by atoms with Crippen molar-refractivity contribution in [3.8, 4) is 6.07 Å². The highest BCUT2D eigenvalue weighted by Gasteiger charge is 2.09. The van der Waals surface area contributed by atoms with E-state index in [1.807, 2.05) is 6.07 Å². The predicted molar refractivity (Wildman–Crippen MR) is 83.0 cm³/mol. The van der Waals surface area contributed by atoms with Gasteiger partial charge in [-0.15, -0.1) is 0 Å². The largest absolute Gasteiger partial charge is 0.270 e. The molecular weight excluding hydrogens is 311 g/mol. The second-order valence-corrected chi connectivity index (χ2v) is 4.99. The zero-order valence-corrected chi connectivity index (χ0v) is 12.1. The number of hydrogen-bond donors (Lipinski definition) is 0. The van der Waals surface area contributed by atoms with Gasteiger partial charge in [0, 0.05) is 22.7 Å². The molecule has 0 atom stereocenters. The molecular formula is C15H8Cl2N2O2. The Kier molecular flexibility index (Phi) is 4.59. The van der Waals surface area contributed by atoms with Gasteiger partial charge in [-0.3, -0.25) is 10.1 Å². The first-order valence-electron chi connectivity index (χ1n) is 5.83. The Labute approximate surface area is 131 Å². The molecule has 0 N–H and O–H groups in total.